The third-order valence-corrected chi connectivity index (χ3v) is 28.6. The van der Waals surface area contributed by atoms with Gasteiger partial charge in [0, 0.05) is 91.8 Å². The van der Waals surface area contributed by atoms with Gasteiger partial charge in [-0.05, 0) is 143 Å². The van der Waals surface area contributed by atoms with Crippen molar-refractivity contribution in [3.63, 3.8) is 0 Å². The summed E-state index contributed by atoms with van der Waals surface area (Å²) in [5.74, 6) is -6.38. The Labute approximate surface area is 817 Å². The smallest absolute Gasteiger partial charge is 0.327 e. The molecule has 0 aromatic heterocycles. The third kappa shape index (κ3) is 28.6. The van der Waals surface area contributed by atoms with E-state index in [0.29, 0.717) is 123 Å². The Kier molecular flexibility index (Phi) is 41.6. The second kappa shape index (κ2) is 53.1. The molecule has 5 aliphatic carbocycles. The van der Waals surface area contributed by atoms with E-state index >= 15 is 8.78 Å². The van der Waals surface area contributed by atoms with Gasteiger partial charge in [-0.1, -0.05) is 102 Å². The molecule has 14 atom stereocenters. The van der Waals surface area contributed by atoms with E-state index in [2.05, 4.69) is 43.2 Å². The quantitative estimate of drug-likeness (QED) is 0.0187. The van der Waals surface area contributed by atoms with Crippen molar-refractivity contribution >= 4 is 83.0 Å². The molecule has 4 fully saturated rings. The number of aliphatic hydroxyl groups excluding tert-OH is 1. The van der Waals surface area contributed by atoms with Gasteiger partial charge in [-0.3, -0.25) is 57.7 Å². The molecule has 0 radical (unpaired) electrons. The number of allylic oxidation sites excluding steroid dienone is 5. The Morgan fingerprint density at radius 3 is 2.01 bits per heavy atom. The number of carbonyl (C=O) groups excluding carboxylic acids is 9. The second-order valence-electron chi connectivity index (χ2n) is 37.9. The maximum absolute atomic E-state index is 18.1. The van der Waals surface area contributed by atoms with Crippen molar-refractivity contribution in [1.29, 1.82) is 0 Å². The molecule has 2 unspecified atom stereocenters. The monoisotopic (exact) mass is 1980 g/mol. The molecule has 5 amide bonds. The molecular weight excluding hydrogens is 1840 g/mol. The number of hydrogen-bond acceptors (Lipinski definition) is 30. The zero-order valence-electron chi connectivity index (χ0n) is 81.7. The van der Waals surface area contributed by atoms with Gasteiger partial charge < -0.3 is 113 Å². The summed E-state index contributed by atoms with van der Waals surface area (Å²) in [7, 11) is -2.15. The fraction of sp³-hybridized carbons (Fsp3) is 0.650. The van der Waals surface area contributed by atoms with Crippen LogP contribution in [0.15, 0.2) is 108 Å². The van der Waals surface area contributed by atoms with Crippen molar-refractivity contribution < 1.29 is 133 Å². The van der Waals surface area contributed by atoms with Gasteiger partial charge in [0.2, 0.25) is 35.3 Å². The van der Waals surface area contributed by atoms with E-state index in [-0.39, 0.29) is 159 Å². The highest BCUT2D eigenvalue weighted by Gasteiger charge is 2.80. The first-order chi connectivity index (χ1) is 67.4. The topological polar surface area (TPSA) is 457 Å². The first kappa shape index (κ1) is 110. The number of aliphatic hydroxyl groups is 1. The molecule has 4 aliphatic heterocycles. The molecule has 12 rings (SSSR count). The lowest BCUT2D eigenvalue weighted by molar-refractivity contribution is -0.234. The lowest BCUT2D eigenvalue weighted by atomic mass is 9.44. The number of para-hydroxylation sites is 1. The summed E-state index contributed by atoms with van der Waals surface area (Å²) < 4.78 is 121. The highest BCUT2D eigenvalue weighted by atomic mass is 31.2. The fourth-order valence-electron chi connectivity index (χ4n) is 20.5. The van der Waals surface area contributed by atoms with E-state index in [1.807, 2.05) is 72.5 Å². The Bertz CT molecular complexity index is 4860. The molecule has 3 saturated carbocycles. The number of benzene rings is 3. The molecule has 9 aliphatic rings. The number of anilines is 2. The van der Waals surface area contributed by atoms with Crippen LogP contribution in [0.2, 0.25) is 0 Å². The highest BCUT2D eigenvalue weighted by Crippen LogP contribution is 2.72. The summed E-state index contributed by atoms with van der Waals surface area (Å²) >= 11 is 0. The van der Waals surface area contributed by atoms with Gasteiger partial charge in [-0.15, -0.1) is 11.1 Å². The first-order valence-corrected chi connectivity index (χ1v) is 51.3. The number of nitrogens with one attached hydrogen (secondary N) is 8. The van der Waals surface area contributed by atoms with Gasteiger partial charge in [0.05, 0.1) is 178 Å². The molecule has 774 valence electrons. The van der Waals surface area contributed by atoms with Gasteiger partial charge in [0.25, 0.3) is 0 Å². The normalized spacial score (nSPS) is 24.6. The molecule has 1 saturated heterocycles. The van der Waals surface area contributed by atoms with Crippen LogP contribution in [-0.4, -0.2) is 290 Å². The van der Waals surface area contributed by atoms with Crippen molar-refractivity contribution in [2.45, 2.75) is 224 Å². The van der Waals surface area contributed by atoms with Crippen molar-refractivity contribution in [1.82, 2.24) is 47.9 Å². The van der Waals surface area contributed by atoms with Crippen LogP contribution in [0.3, 0.4) is 0 Å². The van der Waals surface area contributed by atoms with Crippen molar-refractivity contribution in [2.75, 3.05) is 169 Å². The molecule has 3 aromatic rings. The maximum atomic E-state index is 18.1. The number of hydrazine groups is 4. The minimum atomic E-state index is -4.09. The lowest BCUT2D eigenvalue weighted by Crippen LogP contribution is -2.71. The Hall–Kier alpha value is -8.94. The SMILES string of the molecule is CCCC1O[C@@H]2C[C@H]3[C@@H]4C[C@H](F)C5=CC(=O)C=C[C@]5(C)[C@@]4(F)[C@@H](O)C[C@]3(C)[C@]2(C(=O)COc2ccc(NC(=O)[C@H](C)CC(=O)[C@@H](NC(=O)[C@@H](CCCCNC(=O)COC3CCCCCC4=C3NNN4CCOCCOCCOCCOCCOCCP(=O)(O)O)NC(=O)CCOCCOCCOCCOCCCC(=O)CCC(=O)N3Cc4ccccc4C4=C(NNN4C)c4ccccc43)C(C)C)cc2)O1. The number of nitrogens with zero attached hydrogens (tertiary/aromatic N) is 3. The third-order valence-electron chi connectivity index (χ3n) is 27.8. The van der Waals surface area contributed by atoms with Crippen molar-refractivity contribution in [2.24, 2.45) is 34.5 Å². The van der Waals surface area contributed by atoms with Gasteiger partial charge in [0.15, 0.2) is 29.1 Å². The number of ketones is 4. The highest BCUT2D eigenvalue weighted by molar-refractivity contribution is 7.51. The second-order valence-corrected chi connectivity index (χ2v) is 39.7. The van der Waals surface area contributed by atoms with E-state index in [0.717, 1.165) is 76.9 Å². The minimum absolute atomic E-state index is 0.00720. The lowest BCUT2D eigenvalue weighted by Gasteiger charge is -2.63. The number of ether oxygens (including phenoxy) is 13. The number of rotatable bonds is 60. The summed E-state index contributed by atoms with van der Waals surface area (Å²) in [6.07, 6.45) is 4.51. The number of unbranched alkanes of at least 4 members (excludes halogenated alkanes) is 1. The standard InChI is InChI=1S/C100H144F2N11O26P/c1-8-19-90-138-86-61-75-76-60-78(101)77-59-71(115)34-36-97(77,5)99(76,102)84(117)62-98(75,6)100(86,139-90)85(118)64-136-72-31-28-69(29-32-72)104-95(122)67(4)58-82(116)91(66(2)3)106-96(123)79(24-16-17-37-103-88(120)65-137-83-27-11-9-10-26-81-93(83)108-110-113(81)38-41-129-44-47-132-50-51-133-52-53-134-54-55-135-56-57-140(124,125)126)105-87(119)35-40-128-43-46-131-49-48-130-45-42-127-39-18-21-70(114)30-33-89(121)112-63-68-20-12-13-22-73(68)94-92(107-109-111(94)7)74-23-14-15-25-80(74)112/h12-15,20,22-23,25,28-29,31-32,34,36,59,66-67,75-76,78-79,83-84,86,90-91,107-110,117H,8-11,16-19,21,24,26-27,30,33,35,37-58,60-65H2,1-7H3,(H,103,120)(H,104,122)(H,105,119)(H,106,123)(H2,124,125,126)/t67-,75+,76+,78+,79-,83?,84+,86-,90?,91+,97+,98+,99+,100-/m1/s1. The van der Waals surface area contributed by atoms with Crippen molar-refractivity contribution in [3.8, 4) is 5.75 Å². The molecule has 40 heteroatoms. The van der Waals surface area contributed by atoms with Crippen LogP contribution in [0.25, 0.3) is 11.4 Å². The molecule has 0 spiro atoms. The predicted molar refractivity (Wildman–Crippen MR) is 511 cm³/mol. The number of halogens is 2. The number of carbonyl (C=O) groups is 9. The number of hydrogen-bond donors (Lipinski definition) is 11. The molecule has 11 N–H and O–H groups in total. The average molecular weight is 1990 g/mol. The first-order valence-electron chi connectivity index (χ1n) is 49.5. The number of Topliss-reactive ketones (excluding diaryl/α,β-unsaturated/α-hetero) is 3. The van der Waals surface area contributed by atoms with Crippen LogP contribution < -0.4 is 52.8 Å². The van der Waals surface area contributed by atoms with Crippen LogP contribution in [0, 0.1) is 34.5 Å². The van der Waals surface area contributed by atoms with Crippen LogP contribution in [-0.2, 0) is 111 Å². The molecule has 140 heavy (non-hydrogen) atoms. The predicted octanol–water partition coefficient (Wildman–Crippen LogP) is 8.35. The van der Waals surface area contributed by atoms with Gasteiger partial charge in [-0.2, -0.15) is 0 Å². The summed E-state index contributed by atoms with van der Waals surface area (Å²) in [5.41, 5.74) is 13.7. The molecular formula is C100H144F2N11O26P. The van der Waals surface area contributed by atoms with Gasteiger partial charge >= 0.3 is 7.60 Å². The Balaban J connectivity index is 0.564. The Morgan fingerprint density at radius 2 is 1.34 bits per heavy atom. The van der Waals surface area contributed by atoms with Crippen LogP contribution in [0.5, 0.6) is 5.75 Å². The minimum Gasteiger partial charge on any atom is -0.486 e. The van der Waals surface area contributed by atoms with Crippen LogP contribution in [0.4, 0.5) is 20.2 Å². The van der Waals surface area contributed by atoms with E-state index in [1.165, 1.54) is 19.1 Å². The number of alkyl halides is 2. The summed E-state index contributed by atoms with van der Waals surface area (Å²) in [4.78, 5) is 144. The molecule has 4 heterocycles. The van der Waals surface area contributed by atoms with E-state index in [9.17, 15) is 52.8 Å². The van der Waals surface area contributed by atoms with Crippen LogP contribution >= 0.6 is 7.60 Å². The Morgan fingerprint density at radius 1 is 0.686 bits per heavy atom. The summed E-state index contributed by atoms with van der Waals surface area (Å²) in [6.45, 7) is 15.6. The van der Waals surface area contributed by atoms with E-state index in [4.69, 9.17) is 71.4 Å². The molecule has 0 bridgehead atoms. The van der Waals surface area contributed by atoms with Crippen LogP contribution in [0.1, 0.15) is 180 Å². The summed E-state index contributed by atoms with van der Waals surface area (Å²) in [5, 5.41) is 27.5. The maximum Gasteiger partial charge on any atom is 0.327 e. The van der Waals surface area contributed by atoms with Gasteiger partial charge in [-0.25, -0.2) is 8.78 Å². The van der Waals surface area contributed by atoms with E-state index in [1.54, 1.807) is 56.9 Å². The molecule has 3 aromatic carbocycles. The largest absolute Gasteiger partial charge is 0.486 e. The molecule has 37 nitrogen and oxygen atoms in total. The van der Waals surface area contributed by atoms with Crippen molar-refractivity contribution in [3.05, 3.63) is 125 Å². The van der Waals surface area contributed by atoms with E-state index < -0.39 is 138 Å². The zero-order valence-corrected chi connectivity index (χ0v) is 82.6. The fourth-order valence-corrected chi connectivity index (χ4v) is 20.9. The number of amides is 5. The zero-order chi connectivity index (χ0) is 100.0. The number of fused-ring (bicyclic) bond motifs is 11. The average Bonchev–Trinajstić information content (AvgIpc) is 1.47. The van der Waals surface area contributed by atoms with Gasteiger partial charge in [0.1, 0.15) is 43.1 Å². The summed E-state index contributed by atoms with van der Waals surface area (Å²) in [6, 6.07) is 19.8.